The van der Waals surface area contributed by atoms with Gasteiger partial charge in [0.15, 0.2) is 3.01 Å². The largest absolute Gasteiger partial charge is 0.230 e. The molecule has 0 amide bonds. The lowest BCUT2D eigenvalue weighted by atomic mass is 9.87. The predicted molar refractivity (Wildman–Crippen MR) is 71.0 cm³/mol. The van der Waals surface area contributed by atoms with Gasteiger partial charge in [-0.1, -0.05) is 26.8 Å². The number of aromatic nitrogens is 1. The molecule has 3 heteroatoms. The lowest BCUT2D eigenvalue weighted by Gasteiger charge is -2.18. The summed E-state index contributed by atoms with van der Waals surface area (Å²) in [6, 6.07) is 6.56. The van der Waals surface area contributed by atoms with Gasteiger partial charge in [0, 0.05) is 0 Å². The Morgan fingerprint density at radius 3 is 2.64 bits per heavy atom. The number of fused-ring (bicyclic) bond motifs is 1. The van der Waals surface area contributed by atoms with Crippen LogP contribution in [0.2, 0.25) is 0 Å². The molecule has 1 heterocycles. The Labute approximate surface area is 102 Å². The van der Waals surface area contributed by atoms with Crippen LogP contribution < -0.4 is 0 Å². The highest BCUT2D eigenvalue weighted by Gasteiger charge is 2.14. The molecule has 1 nitrogen and oxygen atoms in total. The molecule has 0 atom stereocenters. The van der Waals surface area contributed by atoms with Crippen molar-refractivity contribution in [2.24, 2.45) is 0 Å². The van der Waals surface area contributed by atoms with E-state index in [1.165, 1.54) is 10.3 Å². The molecule has 1 aromatic carbocycles. The van der Waals surface area contributed by atoms with Gasteiger partial charge in [-0.05, 0) is 45.7 Å². The average molecular weight is 317 g/mol. The molecule has 0 fully saturated rings. The Morgan fingerprint density at radius 2 is 2.00 bits per heavy atom. The first-order valence-corrected chi connectivity index (χ1v) is 6.43. The summed E-state index contributed by atoms with van der Waals surface area (Å²) in [5.74, 6) is 0. The second-order valence-corrected chi connectivity index (χ2v) is 7.18. The molecule has 0 aliphatic carbocycles. The number of hydrogen-bond acceptors (Lipinski definition) is 2. The summed E-state index contributed by atoms with van der Waals surface area (Å²) in [6.45, 7) is 6.71. The standard InChI is InChI=1S/C11H12INS/c1-11(2,3)7-4-5-8-9(6-7)14-10(12)13-8/h4-6H,1-3H3. The molecule has 0 radical (unpaired) electrons. The van der Waals surface area contributed by atoms with E-state index >= 15 is 0 Å². The quantitative estimate of drug-likeness (QED) is 0.664. The summed E-state index contributed by atoms with van der Waals surface area (Å²) in [6.07, 6.45) is 0. The zero-order chi connectivity index (χ0) is 10.3. The number of benzene rings is 1. The number of halogens is 1. The molecule has 14 heavy (non-hydrogen) atoms. The Balaban J connectivity index is 2.62. The Kier molecular flexibility index (Phi) is 2.55. The molecular formula is C11H12INS. The first kappa shape index (κ1) is 10.4. The smallest absolute Gasteiger partial charge is 0.155 e. The summed E-state index contributed by atoms with van der Waals surface area (Å²) in [7, 11) is 0. The Bertz CT molecular complexity index is 468. The van der Waals surface area contributed by atoms with Crippen LogP contribution in [0.5, 0.6) is 0 Å². The number of rotatable bonds is 0. The van der Waals surface area contributed by atoms with Gasteiger partial charge in [0.25, 0.3) is 0 Å². The van der Waals surface area contributed by atoms with Crippen molar-refractivity contribution in [2.75, 3.05) is 0 Å². The van der Waals surface area contributed by atoms with Gasteiger partial charge in [0.2, 0.25) is 0 Å². The molecule has 0 aliphatic rings. The molecule has 0 bridgehead atoms. The third kappa shape index (κ3) is 1.93. The van der Waals surface area contributed by atoms with Crippen LogP contribution in [0.3, 0.4) is 0 Å². The zero-order valence-corrected chi connectivity index (χ0v) is 11.4. The molecular weight excluding hydrogens is 305 g/mol. The van der Waals surface area contributed by atoms with Crippen molar-refractivity contribution in [3.8, 4) is 0 Å². The molecule has 0 unspecified atom stereocenters. The number of thiazole rings is 1. The maximum absolute atomic E-state index is 4.44. The highest BCUT2D eigenvalue weighted by Crippen LogP contribution is 2.29. The van der Waals surface area contributed by atoms with E-state index in [4.69, 9.17) is 0 Å². The average Bonchev–Trinajstić information content (AvgIpc) is 2.41. The minimum atomic E-state index is 0.226. The summed E-state index contributed by atoms with van der Waals surface area (Å²) in [4.78, 5) is 4.44. The fraction of sp³-hybridized carbons (Fsp3) is 0.364. The summed E-state index contributed by atoms with van der Waals surface area (Å²) >= 11 is 4.03. The van der Waals surface area contributed by atoms with Gasteiger partial charge in [-0.15, -0.1) is 11.3 Å². The van der Waals surface area contributed by atoms with Gasteiger partial charge in [0.1, 0.15) is 0 Å². The van der Waals surface area contributed by atoms with Crippen LogP contribution in [0.15, 0.2) is 18.2 Å². The van der Waals surface area contributed by atoms with E-state index in [0.29, 0.717) is 0 Å². The third-order valence-corrected chi connectivity index (χ3v) is 3.94. The maximum atomic E-state index is 4.44. The highest BCUT2D eigenvalue weighted by atomic mass is 127. The van der Waals surface area contributed by atoms with Gasteiger partial charge >= 0.3 is 0 Å². The van der Waals surface area contributed by atoms with E-state index < -0.39 is 0 Å². The molecule has 2 aromatic rings. The fourth-order valence-corrected chi connectivity index (χ4v) is 3.06. The van der Waals surface area contributed by atoms with Crippen LogP contribution in [0.4, 0.5) is 0 Å². The van der Waals surface area contributed by atoms with Crippen molar-refractivity contribution in [1.29, 1.82) is 0 Å². The van der Waals surface area contributed by atoms with Crippen molar-refractivity contribution in [3.63, 3.8) is 0 Å². The summed E-state index contributed by atoms with van der Waals surface area (Å²) in [5.41, 5.74) is 2.72. The van der Waals surface area contributed by atoms with E-state index in [0.717, 1.165) is 8.53 Å². The van der Waals surface area contributed by atoms with Gasteiger partial charge in [-0.25, -0.2) is 4.98 Å². The van der Waals surface area contributed by atoms with E-state index in [2.05, 4.69) is 66.5 Å². The molecule has 2 rings (SSSR count). The second-order valence-electron chi connectivity index (χ2n) is 4.40. The van der Waals surface area contributed by atoms with Crippen molar-refractivity contribution in [2.45, 2.75) is 26.2 Å². The first-order chi connectivity index (χ1) is 6.47. The van der Waals surface area contributed by atoms with E-state index in [-0.39, 0.29) is 5.41 Å². The van der Waals surface area contributed by atoms with Gasteiger partial charge in [-0.3, -0.25) is 0 Å². The molecule has 0 saturated heterocycles. The molecule has 0 saturated carbocycles. The Morgan fingerprint density at radius 1 is 1.29 bits per heavy atom. The van der Waals surface area contributed by atoms with Crippen LogP contribution in [-0.4, -0.2) is 4.98 Å². The van der Waals surface area contributed by atoms with Gasteiger partial charge < -0.3 is 0 Å². The van der Waals surface area contributed by atoms with Crippen molar-refractivity contribution in [1.82, 2.24) is 4.98 Å². The maximum Gasteiger partial charge on any atom is 0.155 e. The molecule has 74 valence electrons. The Hall–Kier alpha value is -0.160. The molecule has 0 N–H and O–H groups in total. The van der Waals surface area contributed by atoms with Crippen LogP contribution in [0, 0.1) is 3.01 Å². The SMILES string of the molecule is CC(C)(C)c1ccc2nc(I)sc2c1. The number of nitrogens with zero attached hydrogens (tertiary/aromatic N) is 1. The lowest BCUT2D eigenvalue weighted by molar-refractivity contribution is 0.591. The van der Waals surface area contributed by atoms with E-state index in [1.807, 2.05) is 0 Å². The summed E-state index contributed by atoms with van der Waals surface area (Å²) in [5, 5.41) is 0. The lowest BCUT2D eigenvalue weighted by Crippen LogP contribution is -2.10. The van der Waals surface area contributed by atoms with Crippen molar-refractivity contribution in [3.05, 3.63) is 26.8 Å². The van der Waals surface area contributed by atoms with Gasteiger partial charge in [0.05, 0.1) is 10.2 Å². The monoisotopic (exact) mass is 317 g/mol. The number of hydrogen-bond donors (Lipinski definition) is 0. The second kappa shape index (κ2) is 3.45. The fourth-order valence-electron chi connectivity index (χ4n) is 1.36. The predicted octanol–water partition coefficient (Wildman–Crippen LogP) is 4.20. The van der Waals surface area contributed by atoms with Crippen LogP contribution >= 0.6 is 33.9 Å². The van der Waals surface area contributed by atoms with Crippen LogP contribution in [-0.2, 0) is 5.41 Å². The molecule has 0 aliphatic heterocycles. The van der Waals surface area contributed by atoms with E-state index in [9.17, 15) is 0 Å². The normalized spacial score (nSPS) is 12.3. The minimum absolute atomic E-state index is 0.226. The minimum Gasteiger partial charge on any atom is -0.230 e. The van der Waals surface area contributed by atoms with Crippen molar-refractivity contribution >= 4 is 44.1 Å². The molecule has 0 spiro atoms. The van der Waals surface area contributed by atoms with Crippen LogP contribution in [0.25, 0.3) is 10.2 Å². The van der Waals surface area contributed by atoms with Crippen LogP contribution in [0.1, 0.15) is 26.3 Å². The van der Waals surface area contributed by atoms with E-state index in [1.54, 1.807) is 11.3 Å². The molecule has 1 aromatic heterocycles. The van der Waals surface area contributed by atoms with Gasteiger partial charge in [-0.2, -0.15) is 0 Å². The first-order valence-electron chi connectivity index (χ1n) is 4.53. The topological polar surface area (TPSA) is 12.9 Å². The third-order valence-electron chi connectivity index (χ3n) is 2.23. The highest BCUT2D eigenvalue weighted by molar-refractivity contribution is 14.1. The summed E-state index contributed by atoms with van der Waals surface area (Å²) < 4.78 is 2.41. The van der Waals surface area contributed by atoms with Crippen molar-refractivity contribution < 1.29 is 0 Å². The zero-order valence-electron chi connectivity index (χ0n) is 8.47.